The van der Waals surface area contributed by atoms with Crippen molar-refractivity contribution < 1.29 is 14.4 Å². The molecule has 0 aromatic carbocycles. The first kappa shape index (κ1) is 10.7. The predicted octanol–water partition coefficient (Wildman–Crippen LogP) is -0.643. The highest BCUT2D eigenvalue weighted by Gasteiger charge is 2.30. The highest BCUT2D eigenvalue weighted by Crippen LogP contribution is 2.22. The minimum Gasteiger partial charge on any atom is -0.392 e. The first-order chi connectivity index (χ1) is 8.22. The molecule has 0 bridgehead atoms. The number of β-amino-alcohol motifs (C(OH)–C–C–N with tert-alkyl or cyclic N) is 1. The van der Waals surface area contributed by atoms with Gasteiger partial charge in [-0.3, -0.25) is 4.79 Å². The second kappa shape index (κ2) is 4.08. The van der Waals surface area contributed by atoms with Crippen molar-refractivity contribution in [2.45, 2.75) is 37.5 Å². The van der Waals surface area contributed by atoms with E-state index in [9.17, 15) is 9.90 Å². The molecule has 2 heterocycles. The van der Waals surface area contributed by atoms with Gasteiger partial charge in [-0.15, -0.1) is 0 Å². The Morgan fingerprint density at radius 2 is 2.35 bits per heavy atom. The van der Waals surface area contributed by atoms with Crippen LogP contribution in [0.1, 0.15) is 41.8 Å². The van der Waals surface area contributed by atoms with Crippen LogP contribution in [0.2, 0.25) is 0 Å². The molecule has 1 saturated carbocycles. The summed E-state index contributed by atoms with van der Waals surface area (Å²) >= 11 is 0. The van der Waals surface area contributed by atoms with E-state index in [1.807, 2.05) is 0 Å². The van der Waals surface area contributed by atoms with Crippen molar-refractivity contribution in [3.8, 4) is 0 Å². The molecule has 1 aliphatic heterocycles. The van der Waals surface area contributed by atoms with E-state index >= 15 is 0 Å². The van der Waals surface area contributed by atoms with E-state index in [2.05, 4.69) is 20.8 Å². The van der Waals surface area contributed by atoms with Crippen LogP contribution in [0.4, 0.5) is 0 Å². The van der Waals surface area contributed by atoms with Gasteiger partial charge < -0.3 is 20.3 Å². The van der Waals surface area contributed by atoms with E-state index < -0.39 is 6.10 Å². The van der Waals surface area contributed by atoms with Crippen LogP contribution < -0.4 is 10.6 Å². The normalized spacial score (nSPS) is 28.3. The van der Waals surface area contributed by atoms with Gasteiger partial charge in [-0.2, -0.15) is 4.98 Å². The van der Waals surface area contributed by atoms with Gasteiger partial charge in [0.15, 0.2) is 0 Å². The van der Waals surface area contributed by atoms with Gasteiger partial charge in [0.05, 0.1) is 12.1 Å². The topological polar surface area (TPSA) is 100 Å². The van der Waals surface area contributed by atoms with Crippen LogP contribution in [-0.4, -0.2) is 39.8 Å². The molecule has 0 unspecified atom stereocenters. The van der Waals surface area contributed by atoms with Crippen molar-refractivity contribution in [3.63, 3.8) is 0 Å². The fraction of sp³-hybridized carbons (Fsp3) is 0.700. The van der Waals surface area contributed by atoms with E-state index in [1.54, 1.807) is 0 Å². The third-order valence-corrected chi connectivity index (χ3v) is 2.96. The number of amides is 1. The van der Waals surface area contributed by atoms with Crippen LogP contribution >= 0.6 is 0 Å². The molecule has 2 fully saturated rings. The Bertz CT molecular complexity index is 429. The van der Waals surface area contributed by atoms with E-state index in [0.29, 0.717) is 18.9 Å². The van der Waals surface area contributed by atoms with Gasteiger partial charge in [-0.05, 0) is 19.3 Å². The Kier molecular flexibility index (Phi) is 2.56. The summed E-state index contributed by atoms with van der Waals surface area (Å²) in [4.78, 5) is 15.7. The van der Waals surface area contributed by atoms with Gasteiger partial charge >= 0.3 is 0 Å². The molecule has 0 radical (unpaired) electrons. The molecule has 3 rings (SSSR count). The molecule has 1 aromatic heterocycles. The fourth-order valence-corrected chi connectivity index (χ4v) is 1.85. The van der Waals surface area contributed by atoms with Gasteiger partial charge in [0, 0.05) is 12.6 Å². The quantitative estimate of drug-likeness (QED) is 0.647. The van der Waals surface area contributed by atoms with E-state index in [1.165, 1.54) is 0 Å². The third kappa shape index (κ3) is 2.29. The summed E-state index contributed by atoms with van der Waals surface area (Å²) in [5, 5.41) is 18.9. The minimum atomic E-state index is -0.393. The zero-order valence-electron chi connectivity index (χ0n) is 9.22. The maximum atomic E-state index is 11.6. The summed E-state index contributed by atoms with van der Waals surface area (Å²) in [5.74, 6) is 0.138. The van der Waals surface area contributed by atoms with Gasteiger partial charge in [-0.1, -0.05) is 5.16 Å². The SMILES string of the molecule is O=C(NC1CC1)c1noc([C@@H]2C[C@H](O)CN2)n1. The molecule has 2 atom stereocenters. The van der Waals surface area contributed by atoms with Crippen LogP contribution in [-0.2, 0) is 0 Å². The number of carbonyl (C=O) groups excluding carboxylic acids is 1. The summed E-state index contributed by atoms with van der Waals surface area (Å²) in [6.07, 6.45) is 2.18. The average Bonchev–Trinajstić information content (AvgIpc) is 2.81. The Morgan fingerprint density at radius 3 is 3.00 bits per heavy atom. The lowest BCUT2D eigenvalue weighted by molar-refractivity contribution is 0.0937. The standard InChI is InChI=1S/C10H14N4O3/c15-6-3-7(11-4-6)10-13-8(14-17-10)9(16)12-5-1-2-5/h5-7,11,15H,1-4H2,(H,12,16)/t6-,7-/m0/s1. The Balaban J connectivity index is 1.66. The molecule has 7 nitrogen and oxygen atoms in total. The number of nitrogens with one attached hydrogen (secondary N) is 2. The Morgan fingerprint density at radius 1 is 1.53 bits per heavy atom. The molecular weight excluding hydrogens is 224 g/mol. The second-order valence-electron chi connectivity index (χ2n) is 4.55. The monoisotopic (exact) mass is 238 g/mol. The zero-order chi connectivity index (χ0) is 11.8. The highest BCUT2D eigenvalue weighted by atomic mass is 16.5. The number of nitrogens with zero attached hydrogens (tertiary/aromatic N) is 2. The van der Waals surface area contributed by atoms with Crippen LogP contribution in [0.3, 0.4) is 0 Å². The molecule has 7 heteroatoms. The van der Waals surface area contributed by atoms with Crippen LogP contribution in [0.5, 0.6) is 0 Å². The lowest BCUT2D eigenvalue weighted by Crippen LogP contribution is -2.26. The average molecular weight is 238 g/mol. The maximum absolute atomic E-state index is 11.6. The summed E-state index contributed by atoms with van der Waals surface area (Å²) in [5.41, 5.74) is 0. The van der Waals surface area contributed by atoms with Crippen LogP contribution in [0.15, 0.2) is 4.52 Å². The highest BCUT2D eigenvalue weighted by molar-refractivity contribution is 5.90. The molecule has 92 valence electrons. The lowest BCUT2D eigenvalue weighted by atomic mass is 10.2. The molecular formula is C10H14N4O3. The number of aliphatic hydroxyl groups excluding tert-OH is 1. The summed E-state index contributed by atoms with van der Waals surface area (Å²) in [6.45, 7) is 0.511. The molecule has 0 spiro atoms. The lowest BCUT2D eigenvalue weighted by Gasteiger charge is -2.01. The van der Waals surface area contributed by atoms with Gasteiger partial charge in [-0.25, -0.2) is 0 Å². The molecule has 1 aromatic rings. The molecule has 1 aliphatic carbocycles. The van der Waals surface area contributed by atoms with Crippen molar-refractivity contribution in [1.29, 1.82) is 0 Å². The largest absolute Gasteiger partial charge is 0.392 e. The molecule has 2 aliphatic rings. The van der Waals surface area contributed by atoms with Crippen molar-refractivity contribution >= 4 is 5.91 Å². The predicted molar refractivity (Wildman–Crippen MR) is 56.2 cm³/mol. The minimum absolute atomic E-state index is 0.0649. The summed E-state index contributed by atoms with van der Waals surface area (Å²) < 4.78 is 5.02. The fourth-order valence-electron chi connectivity index (χ4n) is 1.85. The van der Waals surface area contributed by atoms with E-state index in [4.69, 9.17) is 4.52 Å². The van der Waals surface area contributed by atoms with Gasteiger partial charge in [0.1, 0.15) is 0 Å². The smallest absolute Gasteiger partial charge is 0.292 e. The Hall–Kier alpha value is -1.47. The zero-order valence-corrected chi connectivity index (χ0v) is 9.22. The molecule has 1 saturated heterocycles. The second-order valence-corrected chi connectivity index (χ2v) is 4.55. The molecule has 1 amide bonds. The number of aromatic nitrogens is 2. The van der Waals surface area contributed by atoms with Gasteiger partial charge in [0.25, 0.3) is 11.7 Å². The third-order valence-electron chi connectivity index (χ3n) is 2.96. The van der Waals surface area contributed by atoms with E-state index in [0.717, 1.165) is 12.8 Å². The molecule has 17 heavy (non-hydrogen) atoms. The summed E-state index contributed by atoms with van der Waals surface area (Å²) in [7, 11) is 0. The first-order valence-corrected chi connectivity index (χ1v) is 5.78. The van der Waals surface area contributed by atoms with Gasteiger partial charge in [0.2, 0.25) is 5.89 Å². The van der Waals surface area contributed by atoms with Crippen molar-refractivity contribution in [3.05, 3.63) is 11.7 Å². The first-order valence-electron chi connectivity index (χ1n) is 5.78. The van der Waals surface area contributed by atoms with Crippen molar-refractivity contribution in [1.82, 2.24) is 20.8 Å². The van der Waals surface area contributed by atoms with Crippen LogP contribution in [0, 0.1) is 0 Å². The van der Waals surface area contributed by atoms with E-state index in [-0.39, 0.29) is 23.8 Å². The maximum Gasteiger partial charge on any atom is 0.292 e. The van der Waals surface area contributed by atoms with Crippen molar-refractivity contribution in [2.24, 2.45) is 0 Å². The number of aliphatic hydroxyl groups is 1. The Labute approximate surface area is 97.6 Å². The molecule has 3 N–H and O–H groups in total. The number of rotatable bonds is 3. The number of hydrogen-bond acceptors (Lipinski definition) is 6. The van der Waals surface area contributed by atoms with Crippen molar-refractivity contribution in [2.75, 3.05) is 6.54 Å². The number of hydrogen-bond donors (Lipinski definition) is 3. The van der Waals surface area contributed by atoms with Crippen LogP contribution in [0.25, 0.3) is 0 Å². The number of carbonyl (C=O) groups is 1. The summed E-state index contributed by atoms with van der Waals surface area (Å²) in [6, 6.07) is 0.121.